The molecule has 0 spiro atoms. The van der Waals surface area contributed by atoms with Gasteiger partial charge in [0.15, 0.2) is 11.9 Å². The number of nitrogens with two attached hydrogens (primary N) is 1. The van der Waals surface area contributed by atoms with Gasteiger partial charge in [-0.15, -0.1) is 0 Å². The number of carbonyl (C=O) groups is 1. The zero-order valence-electron chi connectivity index (χ0n) is 10.8. The van der Waals surface area contributed by atoms with Crippen molar-refractivity contribution in [3.05, 3.63) is 42.1 Å². The lowest BCUT2D eigenvalue weighted by atomic mass is 10.1. The summed E-state index contributed by atoms with van der Waals surface area (Å²) in [6.07, 6.45) is 0.801. The van der Waals surface area contributed by atoms with Crippen molar-refractivity contribution in [1.82, 2.24) is 9.78 Å². The molecule has 0 bridgehead atoms. The summed E-state index contributed by atoms with van der Waals surface area (Å²) in [4.78, 5) is 12.2. The molecule has 0 aliphatic heterocycles. The zero-order chi connectivity index (χ0) is 13.8. The van der Waals surface area contributed by atoms with E-state index in [0.717, 1.165) is 5.56 Å². The molecule has 3 N–H and O–H groups in total. The van der Waals surface area contributed by atoms with Crippen molar-refractivity contribution in [2.45, 2.75) is 6.10 Å². The van der Waals surface area contributed by atoms with Gasteiger partial charge in [0.1, 0.15) is 0 Å². The first-order valence-corrected chi connectivity index (χ1v) is 5.79. The quantitative estimate of drug-likeness (QED) is 0.868. The second-order valence-electron chi connectivity index (χ2n) is 4.09. The summed E-state index contributed by atoms with van der Waals surface area (Å²) in [6.45, 7) is 0. The smallest absolute Gasteiger partial charge is 0.259 e. The van der Waals surface area contributed by atoms with Gasteiger partial charge in [-0.1, -0.05) is 30.3 Å². The average Bonchev–Trinajstić information content (AvgIpc) is 2.73. The number of ether oxygens (including phenoxy) is 1. The molecule has 0 radical (unpaired) electrons. The number of nitrogen functional groups attached to an aromatic ring is 1. The molecule has 19 heavy (non-hydrogen) atoms. The largest absolute Gasteiger partial charge is 0.394 e. The number of hydrogen-bond acceptors (Lipinski definition) is 4. The number of aryl methyl sites for hydroxylation is 1. The Labute approximate surface area is 111 Å². The molecule has 100 valence electrons. The minimum absolute atomic E-state index is 0.288. The number of carbonyl (C=O) groups excluding carboxylic acids is 1. The van der Waals surface area contributed by atoms with Gasteiger partial charge in [-0.25, -0.2) is 0 Å². The fourth-order valence-electron chi connectivity index (χ4n) is 1.81. The van der Waals surface area contributed by atoms with Crippen LogP contribution in [0.2, 0.25) is 0 Å². The molecule has 0 aliphatic carbocycles. The molecule has 0 aliphatic rings. The van der Waals surface area contributed by atoms with E-state index < -0.39 is 6.10 Å². The van der Waals surface area contributed by atoms with Gasteiger partial charge in [0.05, 0.1) is 11.9 Å². The monoisotopic (exact) mass is 260 g/mol. The van der Waals surface area contributed by atoms with Gasteiger partial charge in [0, 0.05) is 14.2 Å². The Kier molecular flexibility index (Phi) is 3.82. The van der Waals surface area contributed by atoms with Crippen molar-refractivity contribution < 1.29 is 9.53 Å². The number of benzene rings is 1. The van der Waals surface area contributed by atoms with Gasteiger partial charge < -0.3 is 15.8 Å². The lowest BCUT2D eigenvalue weighted by molar-refractivity contribution is -0.126. The number of amides is 1. The summed E-state index contributed by atoms with van der Waals surface area (Å²) in [5.74, 6) is 0.173. The van der Waals surface area contributed by atoms with Crippen LogP contribution in [0.3, 0.4) is 0 Å². The second-order valence-corrected chi connectivity index (χ2v) is 4.09. The Morgan fingerprint density at radius 3 is 2.63 bits per heavy atom. The lowest BCUT2D eigenvalue weighted by Crippen LogP contribution is -2.24. The van der Waals surface area contributed by atoms with Crippen LogP contribution in [-0.4, -0.2) is 22.8 Å². The van der Waals surface area contributed by atoms with Crippen LogP contribution in [0.25, 0.3) is 0 Å². The zero-order valence-corrected chi connectivity index (χ0v) is 10.8. The Hall–Kier alpha value is -2.34. The van der Waals surface area contributed by atoms with E-state index in [0.29, 0.717) is 11.5 Å². The van der Waals surface area contributed by atoms with Gasteiger partial charge >= 0.3 is 0 Å². The molecule has 0 saturated carbocycles. The summed E-state index contributed by atoms with van der Waals surface area (Å²) < 4.78 is 6.75. The Balaban J connectivity index is 2.19. The molecule has 0 saturated heterocycles. The van der Waals surface area contributed by atoms with Crippen molar-refractivity contribution in [3.8, 4) is 0 Å². The molecule has 1 atom stereocenters. The van der Waals surface area contributed by atoms with Crippen LogP contribution in [0.1, 0.15) is 11.7 Å². The fourth-order valence-corrected chi connectivity index (χ4v) is 1.81. The summed E-state index contributed by atoms with van der Waals surface area (Å²) in [5.41, 5.74) is 6.93. The topological polar surface area (TPSA) is 82.2 Å². The highest BCUT2D eigenvalue weighted by Gasteiger charge is 2.21. The third kappa shape index (κ3) is 2.74. The predicted octanol–water partition coefficient (Wildman–Crippen LogP) is 1.33. The maximum atomic E-state index is 12.2. The van der Waals surface area contributed by atoms with E-state index in [1.807, 2.05) is 30.3 Å². The van der Waals surface area contributed by atoms with Gasteiger partial charge in [0.2, 0.25) is 0 Å². The van der Waals surface area contributed by atoms with Crippen LogP contribution >= 0.6 is 0 Å². The van der Waals surface area contributed by atoms with Gasteiger partial charge in [-0.3, -0.25) is 9.48 Å². The van der Waals surface area contributed by atoms with E-state index >= 15 is 0 Å². The minimum Gasteiger partial charge on any atom is -0.394 e. The molecule has 1 amide bonds. The number of rotatable bonds is 4. The third-order valence-electron chi connectivity index (χ3n) is 2.78. The molecule has 1 aromatic carbocycles. The van der Waals surface area contributed by atoms with E-state index in [1.54, 1.807) is 7.05 Å². The highest BCUT2D eigenvalue weighted by atomic mass is 16.5. The van der Waals surface area contributed by atoms with E-state index in [-0.39, 0.29) is 5.91 Å². The Morgan fingerprint density at radius 1 is 1.42 bits per heavy atom. The van der Waals surface area contributed by atoms with E-state index in [9.17, 15) is 4.79 Å². The Morgan fingerprint density at radius 2 is 2.11 bits per heavy atom. The van der Waals surface area contributed by atoms with Crippen LogP contribution in [0.5, 0.6) is 0 Å². The first-order valence-electron chi connectivity index (χ1n) is 5.79. The van der Waals surface area contributed by atoms with E-state index in [2.05, 4.69) is 10.4 Å². The molecule has 1 aromatic heterocycles. The maximum Gasteiger partial charge on any atom is 0.259 e. The lowest BCUT2D eigenvalue weighted by Gasteiger charge is -2.15. The molecule has 2 aromatic rings. The van der Waals surface area contributed by atoms with Crippen molar-refractivity contribution in [2.24, 2.45) is 7.05 Å². The van der Waals surface area contributed by atoms with E-state index in [1.165, 1.54) is 18.0 Å². The number of nitrogens with zero attached hydrogens (tertiary/aromatic N) is 2. The molecule has 6 heteroatoms. The van der Waals surface area contributed by atoms with Gasteiger partial charge in [-0.2, -0.15) is 5.10 Å². The second kappa shape index (κ2) is 5.53. The number of nitrogens with one attached hydrogen (secondary N) is 1. The normalized spacial score (nSPS) is 12.1. The summed E-state index contributed by atoms with van der Waals surface area (Å²) in [6, 6.07) is 9.26. The van der Waals surface area contributed by atoms with Crippen LogP contribution < -0.4 is 11.1 Å². The maximum absolute atomic E-state index is 12.2. The number of hydrogen-bond donors (Lipinski definition) is 2. The first-order chi connectivity index (χ1) is 9.13. The minimum atomic E-state index is -0.685. The molecule has 1 heterocycles. The molecule has 6 nitrogen and oxygen atoms in total. The number of methoxy groups -OCH3 is 1. The standard InChI is InChI=1S/C13H16N4O2/c1-17-12(10(14)8-15-17)16-13(18)11(19-2)9-6-4-3-5-7-9/h3-8,11H,14H2,1-2H3,(H,16,18). The van der Waals surface area contributed by atoms with Crippen molar-refractivity contribution >= 4 is 17.4 Å². The SMILES string of the molecule is COC(C(=O)Nc1c(N)cnn1C)c1ccccc1. The summed E-state index contributed by atoms with van der Waals surface area (Å²) in [5, 5.41) is 6.68. The fraction of sp³-hybridized carbons (Fsp3) is 0.231. The van der Waals surface area contributed by atoms with Crippen molar-refractivity contribution in [3.63, 3.8) is 0 Å². The predicted molar refractivity (Wildman–Crippen MR) is 72.4 cm³/mol. The van der Waals surface area contributed by atoms with Gasteiger partial charge in [0.25, 0.3) is 5.91 Å². The van der Waals surface area contributed by atoms with Crippen LogP contribution in [0.4, 0.5) is 11.5 Å². The third-order valence-corrected chi connectivity index (χ3v) is 2.78. The summed E-state index contributed by atoms with van der Waals surface area (Å²) >= 11 is 0. The molecular formula is C13H16N4O2. The van der Waals surface area contributed by atoms with E-state index in [4.69, 9.17) is 10.5 Å². The van der Waals surface area contributed by atoms with Crippen LogP contribution in [0, 0.1) is 0 Å². The number of anilines is 2. The highest BCUT2D eigenvalue weighted by molar-refractivity contribution is 5.96. The molecule has 0 fully saturated rings. The Bertz CT molecular complexity index is 546. The van der Waals surface area contributed by atoms with Crippen molar-refractivity contribution in [1.29, 1.82) is 0 Å². The molecule has 1 unspecified atom stereocenters. The average molecular weight is 260 g/mol. The molecular weight excluding hydrogens is 244 g/mol. The number of aromatic nitrogens is 2. The molecule has 2 rings (SSSR count). The van der Waals surface area contributed by atoms with Crippen molar-refractivity contribution in [2.75, 3.05) is 18.2 Å². The van der Waals surface area contributed by atoms with Crippen LogP contribution in [-0.2, 0) is 16.6 Å². The van der Waals surface area contributed by atoms with Crippen LogP contribution in [0.15, 0.2) is 36.5 Å². The first kappa shape index (κ1) is 13.1. The summed E-state index contributed by atoms with van der Waals surface area (Å²) in [7, 11) is 3.19. The van der Waals surface area contributed by atoms with Gasteiger partial charge in [-0.05, 0) is 5.56 Å². The highest BCUT2D eigenvalue weighted by Crippen LogP contribution is 2.21.